The van der Waals surface area contributed by atoms with Crippen LogP contribution >= 0.6 is 17.0 Å². The highest BCUT2D eigenvalue weighted by Crippen LogP contribution is 2.42. The monoisotopic (exact) mass is 644 g/mol. The molecule has 1 unspecified atom stereocenters. The summed E-state index contributed by atoms with van der Waals surface area (Å²) in [6, 6.07) is 5.17. The van der Waals surface area contributed by atoms with Gasteiger partial charge in [0, 0.05) is 29.7 Å². The predicted octanol–water partition coefficient (Wildman–Crippen LogP) is 3.93. The molecule has 2 aromatic carbocycles. The lowest BCUT2D eigenvalue weighted by Crippen LogP contribution is -2.39. The Morgan fingerprint density at radius 2 is 1.81 bits per heavy atom. The van der Waals surface area contributed by atoms with E-state index < -0.39 is 23.3 Å². The van der Waals surface area contributed by atoms with Crippen molar-refractivity contribution in [2.75, 3.05) is 38.8 Å². The van der Waals surface area contributed by atoms with Gasteiger partial charge in [-0.25, -0.2) is 4.79 Å². The van der Waals surface area contributed by atoms with Crippen LogP contribution in [0.3, 0.4) is 0 Å². The lowest BCUT2D eigenvalue weighted by atomic mass is 9.84. The van der Waals surface area contributed by atoms with Crippen LogP contribution in [-0.2, 0) is 19.7 Å². The Morgan fingerprint density at radius 3 is 2.33 bits per heavy atom. The molecule has 11 nitrogen and oxygen atoms in total. The van der Waals surface area contributed by atoms with Crippen molar-refractivity contribution in [1.82, 2.24) is 4.90 Å². The Morgan fingerprint density at radius 1 is 1.12 bits per heavy atom. The molecular weight excluding hydrogens is 608 g/mol. The molecule has 0 radical (unpaired) electrons. The van der Waals surface area contributed by atoms with Crippen molar-refractivity contribution in [3.05, 3.63) is 52.1 Å². The normalized spacial score (nSPS) is 16.2. The number of amides is 2. The molecule has 0 spiro atoms. The number of halogens is 1. The quantitative estimate of drug-likeness (QED) is 0.308. The number of fused-ring (bicyclic) bond motifs is 1. The minimum Gasteiger partial charge on any atom is -0.494 e. The lowest BCUT2D eigenvalue weighted by molar-refractivity contribution is -0.121. The van der Waals surface area contributed by atoms with Gasteiger partial charge in [0.25, 0.3) is 0 Å². The van der Waals surface area contributed by atoms with Gasteiger partial charge in [0.1, 0.15) is 28.9 Å². The molecule has 0 saturated carbocycles. The topological polar surface area (TPSA) is 152 Å². The van der Waals surface area contributed by atoms with Crippen molar-refractivity contribution in [2.24, 2.45) is 5.73 Å². The summed E-state index contributed by atoms with van der Waals surface area (Å²) in [5, 5.41) is 8.84. The first kappa shape index (κ1) is 32.6. The van der Waals surface area contributed by atoms with Gasteiger partial charge in [-0.3, -0.25) is 19.8 Å². The van der Waals surface area contributed by atoms with Gasteiger partial charge >= 0.3 is 5.97 Å². The third kappa shape index (κ3) is 5.85. The summed E-state index contributed by atoms with van der Waals surface area (Å²) in [7, 11) is 2.77. The van der Waals surface area contributed by atoms with Gasteiger partial charge in [-0.15, -0.1) is 17.0 Å². The molecule has 42 heavy (non-hydrogen) atoms. The molecule has 0 bridgehead atoms. The van der Waals surface area contributed by atoms with E-state index >= 15 is 0 Å². The number of carbonyl (C=O) groups excluding carboxylic acids is 4. The van der Waals surface area contributed by atoms with E-state index in [0.29, 0.717) is 42.0 Å². The number of anilines is 1. The number of hydrogen-bond acceptors (Lipinski definition) is 8. The second-order valence-electron chi connectivity index (χ2n) is 11.0. The van der Waals surface area contributed by atoms with Crippen molar-refractivity contribution >= 4 is 52.1 Å². The molecule has 1 saturated heterocycles. The number of nitrogens with one attached hydrogen (secondary N) is 1. The Hall–Kier alpha value is -3.93. The van der Waals surface area contributed by atoms with Gasteiger partial charge < -0.3 is 29.7 Å². The van der Waals surface area contributed by atoms with Crippen molar-refractivity contribution < 1.29 is 33.4 Å². The Bertz CT molecular complexity index is 1450. The standard InChI is InChI=1S/C30H36N4O7.BrH/c1-7-41-23-14-17-18(13-19(23)29(38)40-6)27(31)34(25(17)28(32)37)15-22(35)16-11-20(30(2,3)4)26(39-5)21(12-16)33-10-8-9-24(33)36;/h11-14,25,31H,7-10,15H2,1-6H3,(H2,32,37);1H. The average Bonchev–Trinajstić information content (AvgIpc) is 3.46. The minimum atomic E-state index is -1.13. The number of Topliss-reactive ketones (excluding diaryl/α,β-unsaturated/α-hetero) is 1. The molecule has 226 valence electrons. The number of primary amides is 1. The lowest BCUT2D eigenvalue weighted by Gasteiger charge is -2.29. The van der Waals surface area contributed by atoms with Gasteiger partial charge in [0.05, 0.1) is 33.1 Å². The van der Waals surface area contributed by atoms with Crippen LogP contribution in [0, 0.1) is 5.41 Å². The Balaban J connectivity index is 0.00000484. The Kier molecular flexibility index (Phi) is 9.71. The highest BCUT2D eigenvalue weighted by atomic mass is 79.9. The largest absolute Gasteiger partial charge is 0.494 e. The number of ether oxygens (including phenoxy) is 3. The molecule has 2 aromatic rings. The van der Waals surface area contributed by atoms with Crippen molar-refractivity contribution in [1.29, 1.82) is 5.41 Å². The van der Waals surface area contributed by atoms with Crippen LogP contribution < -0.4 is 20.1 Å². The number of nitrogens with zero attached hydrogens (tertiary/aromatic N) is 2. The van der Waals surface area contributed by atoms with Crippen LogP contribution in [0.5, 0.6) is 11.5 Å². The minimum absolute atomic E-state index is 0. The van der Waals surface area contributed by atoms with Crippen molar-refractivity contribution in [2.45, 2.75) is 52.0 Å². The second kappa shape index (κ2) is 12.5. The summed E-state index contributed by atoms with van der Waals surface area (Å²) in [5.41, 5.74) is 7.67. The van der Waals surface area contributed by atoms with Crippen LogP contribution in [0.25, 0.3) is 0 Å². The first-order valence-corrected chi connectivity index (χ1v) is 13.4. The molecule has 0 aliphatic carbocycles. The van der Waals surface area contributed by atoms with E-state index in [0.717, 1.165) is 5.56 Å². The zero-order chi connectivity index (χ0) is 30.2. The molecular formula is C30H37BrN4O7. The van der Waals surface area contributed by atoms with Crippen LogP contribution in [0.15, 0.2) is 24.3 Å². The summed E-state index contributed by atoms with van der Waals surface area (Å²) in [6.07, 6.45) is 1.11. The van der Waals surface area contributed by atoms with E-state index in [1.807, 2.05) is 20.8 Å². The van der Waals surface area contributed by atoms with E-state index in [-0.39, 0.29) is 64.5 Å². The zero-order valence-electron chi connectivity index (χ0n) is 24.7. The average molecular weight is 646 g/mol. The van der Waals surface area contributed by atoms with E-state index in [1.54, 1.807) is 24.0 Å². The number of ketones is 1. The molecule has 2 aliphatic rings. The van der Waals surface area contributed by atoms with E-state index in [2.05, 4.69) is 0 Å². The smallest absolute Gasteiger partial charge is 0.341 e. The van der Waals surface area contributed by atoms with E-state index in [9.17, 15) is 19.2 Å². The zero-order valence-corrected chi connectivity index (χ0v) is 26.4. The molecule has 2 heterocycles. The fourth-order valence-electron chi connectivity index (χ4n) is 5.40. The van der Waals surface area contributed by atoms with Crippen molar-refractivity contribution in [3.63, 3.8) is 0 Å². The fraction of sp³-hybridized carbons (Fsp3) is 0.433. The summed E-state index contributed by atoms with van der Waals surface area (Å²) in [6.45, 7) is 8.12. The first-order chi connectivity index (χ1) is 19.3. The molecule has 3 N–H and O–H groups in total. The van der Waals surface area contributed by atoms with Gasteiger partial charge in [-0.2, -0.15) is 0 Å². The number of rotatable bonds is 9. The molecule has 1 atom stereocenters. The summed E-state index contributed by atoms with van der Waals surface area (Å²) < 4.78 is 16.2. The highest BCUT2D eigenvalue weighted by Gasteiger charge is 2.41. The van der Waals surface area contributed by atoms with Crippen LogP contribution in [0.1, 0.15) is 84.0 Å². The maximum Gasteiger partial charge on any atom is 0.341 e. The molecule has 2 amide bonds. The Labute approximate surface area is 255 Å². The maximum absolute atomic E-state index is 13.9. The van der Waals surface area contributed by atoms with Gasteiger partial charge in [0.2, 0.25) is 11.8 Å². The van der Waals surface area contributed by atoms with Gasteiger partial charge in [-0.05, 0) is 48.6 Å². The third-order valence-electron chi connectivity index (χ3n) is 7.36. The SMILES string of the molecule is Br.CCOc1cc2c(cc1C(=O)OC)C(=N)N(CC(=O)c1cc(N3CCCC3=O)c(OC)c(C(C)(C)C)c1)C2C(N)=O. The predicted molar refractivity (Wildman–Crippen MR) is 162 cm³/mol. The summed E-state index contributed by atoms with van der Waals surface area (Å²) in [4.78, 5) is 54.6. The maximum atomic E-state index is 13.9. The van der Waals surface area contributed by atoms with Crippen molar-refractivity contribution in [3.8, 4) is 11.5 Å². The number of hydrogen-bond donors (Lipinski definition) is 2. The van der Waals surface area contributed by atoms with Crippen LogP contribution in [-0.4, -0.2) is 68.2 Å². The van der Waals surface area contributed by atoms with E-state index in [4.69, 9.17) is 25.4 Å². The van der Waals surface area contributed by atoms with Gasteiger partial charge in [0.15, 0.2) is 5.78 Å². The van der Waals surface area contributed by atoms with Crippen LogP contribution in [0.4, 0.5) is 5.69 Å². The van der Waals surface area contributed by atoms with Gasteiger partial charge in [-0.1, -0.05) is 20.8 Å². The number of methoxy groups -OCH3 is 2. The number of benzene rings is 2. The molecule has 2 aliphatic heterocycles. The third-order valence-corrected chi connectivity index (χ3v) is 7.36. The first-order valence-electron chi connectivity index (χ1n) is 13.4. The van der Waals surface area contributed by atoms with Crippen LogP contribution in [0.2, 0.25) is 0 Å². The molecule has 0 aromatic heterocycles. The number of carbonyl (C=O) groups is 4. The molecule has 1 fully saturated rings. The summed E-state index contributed by atoms with van der Waals surface area (Å²) >= 11 is 0. The summed E-state index contributed by atoms with van der Waals surface area (Å²) in [5.74, 6) is -1.27. The molecule has 12 heteroatoms. The number of esters is 1. The number of amidine groups is 1. The fourth-order valence-corrected chi connectivity index (χ4v) is 5.40. The number of nitrogens with two attached hydrogens (primary N) is 1. The second-order valence-corrected chi connectivity index (χ2v) is 11.0. The highest BCUT2D eigenvalue weighted by molar-refractivity contribution is 8.93. The van der Waals surface area contributed by atoms with E-state index in [1.165, 1.54) is 31.3 Å². The molecule has 4 rings (SSSR count).